The maximum absolute atomic E-state index is 9.99. The number of carbonyl (C=O) groups is 4. The molecule has 21 heavy (non-hydrogen) atoms. The standard InChI is InChI=1S/2C5H9NO4.K/c2*6-3(5(9)10)1-2-4(7)8;/h2*3H,1-2,6H2,(H,7,8)(H,9,10);/q;;+1/p-1/t2*3-;/m00./s1. The van der Waals surface area contributed by atoms with Crippen molar-refractivity contribution in [2.75, 3.05) is 0 Å². The second-order valence-electron chi connectivity index (χ2n) is 3.74. The van der Waals surface area contributed by atoms with Crippen molar-refractivity contribution < 1.29 is 91.0 Å². The Morgan fingerprint density at radius 1 is 0.857 bits per heavy atom. The summed E-state index contributed by atoms with van der Waals surface area (Å²) in [6.45, 7) is 0. The normalized spacial score (nSPS) is 11.9. The number of carboxylic acid groups (broad SMARTS) is 4. The molecule has 10 nitrogen and oxygen atoms in total. The van der Waals surface area contributed by atoms with Crippen LogP contribution in [0.15, 0.2) is 0 Å². The van der Waals surface area contributed by atoms with E-state index in [-0.39, 0.29) is 77.1 Å². The second-order valence-corrected chi connectivity index (χ2v) is 3.74. The average Bonchev–Trinajstić information content (AvgIpc) is 2.33. The van der Waals surface area contributed by atoms with E-state index in [9.17, 15) is 24.3 Å². The third-order valence-electron chi connectivity index (χ3n) is 1.96. The molecule has 0 aromatic carbocycles. The van der Waals surface area contributed by atoms with Crippen molar-refractivity contribution >= 4 is 23.9 Å². The minimum atomic E-state index is -1.42. The smallest absolute Gasteiger partial charge is 0.548 e. The molecule has 0 aromatic rings. The van der Waals surface area contributed by atoms with Gasteiger partial charge in [-0.2, -0.15) is 0 Å². The van der Waals surface area contributed by atoms with Gasteiger partial charge in [0.25, 0.3) is 0 Å². The minimum Gasteiger partial charge on any atom is -0.548 e. The topological polar surface area (TPSA) is 204 Å². The predicted octanol–water partition coefficient (Wildman–Crippen LogP) is -5.80. The predicted molar refractivity (Wildman–Crippen MR) is 62.3 cm³/mol. The summed E-state index contributed by atoms with van der Waals surface area (Å²) in [5.74, 6) is -4.67. The molecule has 0 unspecified atom stereocenters. The van der Waals surface area contributed by atoms with Gasteiger partial charge < -0.3 is 36.7 Å². The Bertz CT molecular complexity index is 329. The molecule has 0 aliphatic heterocycles. The summed E-state index contributed by atoms with van der Waals surface area (Å²) in [5, 5.41) is 34.2. The van der Waals surface area contributed by atoms with E-state index in [1.54, 1.807) is 0 Å². The van der Waals surface area contributed by atoms with Gasteiger partial charge >= 0.3 is 69.3 Å². The Kier molecular flexibility index (Phi) is 17.4. The Labute approximate surface area is 162 Å². The zero-order chi connectivity index (χ0) is 16.3. The van der Waals surface area contributed by atoms with Crippen LogP contribution in [0.2, 0.25) is 0 Å². The van der Waals surface area contributed by atoms with Crippen LogP contribution in [0.25, 0.3) is 0 Å². The van der Waals surface area contributed by atoms with Crippen LogP contribution >= 0.6 is 0 Å². The van der Waals surface area contributed by atoms with Gasteiger partial charge in [-0.15, -0.1) is 0 Å². The molecular weight excluding hydrogens is 315 g/mol. The molecule has 0 saturated heterocycles. The van der Waals surface area contributed by atoms with E-state index in [0.29, 0.717) is 0 Å². The molecule has 11 heteroatoms. The molecule has 0 amide bonds. The fourth-order valence-corrected chi connectivity index (χ4v) is 0.799. The van der Waals surface area contributed by atoms with Crippen LogP contribution in [0.4, 0.5) is 0 Å². The van der Waals surface area contributed by atoms with Crippen LogP contribution in [0.1, 0.15) is 25.7 Å². The van der Waals surface area contributed by atoms with Crippen LogP contribution in [0, 0.1) is 0 Å². The number of nitrogens with two attached hydrogens (primary N) is 2. The fourth-order valence-electron chi connectivity index (χ4n) is 0.799. The first-order valence-corrected chi connectivity index (χ1v) is 5.46. The molecular formula is C10H17KN2O8. The number of rotatable bonds is 8. The number of carbonyl (C=O) groups excluding carboxylic acids is 1. The maximum atomic E-state index is 9.99. The monoisotopic (exact) mass is 332 g/mol. The van der Waals surface area contributed by atoms with Crippen LogP contribution < -0.4 is 68.0 Å². The summed E-state index contributed by atoms with van der Waals surface area (Å²) in [4.78, 5) is 39.6. The van der Waals surface area contributed by atoms with E-state index in [2.05, 4.69) is 0 Å². The molecule has 2 atom stereocenters. The Balaban J connectivity index is -0.000000295. The van der Waals surface area contributed by atoms with Crippen LogP contribution in [0.5, 0.6) is 0 Å². The van der Waals surface area contributed by atoms with Crippen LogP contribution in [-0.4, -0.2) is 51.3 Å². The van der Waals surface area contributed by atoms with E-state index >= 15 is 0 Å². The van der Waals surface area contributed by atoms with Crippen LogP contribution in [-0.2, 0) is 19.2 Å². The van der Waals surface area contributed by atoms with Crippen LogP contribution in [0.3, 0.4) is 0 Å². The van der Waals surface area contributed by atoms with Crippen molar-refractivity contribution in [3.05, 3.63) is 0 Å². The number of hydrogen-bond acceptors (Lipinski definition) is 7. The first-order valence-electron chi connectivity index (χ1n) is 5.46. The zero-order valence-electron chi connectivity index (χ0n) is 11.5. The molecule has 7 N–H and O–H groups in total. The van der Waals surface area contributed by atoms with Crippen molar-refractivity contribution in [2.45, 2.75) is 37.8 Å². The summed E-state index contributed by atoms with van der Waals surface area (Å²) in [6.07, 6.45) is -0.551. The quantitative estimate of drug-likeness (QED) is 0.266. The number of hydrogen-bond donors (Lipinski definition) is 5. The fraction of sp³-hybridized carbons (Fsp3) is 0.600. The summed E-state index contributed by atoms with van der Waals surface area (Å²) in [7, 11) is 0. The van der Waals surface area contributed by atoms with Gasteiger partial charge in [-0.05, 0) is 12.8 Å². The van der Waals surface area contributed by atoms with Crippen molar-refractivity contribution in [2.24, 2.45) is 11.5 Å². The summed E-state index contributed by atoms with van der Waals surface area (Å²) in [5.41, 5.74) is 9.94. The van der Waals surface area contributed by atoms with Crippen molar-refractivity contribution in [1.82, 2.24) is 0 Å². The first-order chi connectivity index (χ1) is 9.07. The molecule has 116 valence electrons. The van der Waals surface area contributed by atoms with Gasteiger partial charge in [-0.1, -0.05) is 0 Å². The average molecular weight is 332 g/mol. The third kappa shape index (κ3) is 19.4. The summed E-state index contributed by atoms with van der Waals surface area (Å²) in [6, 6.07) is -2.23. The largest absolute Gasteiger partial charge is 1.00 e. The van der Waals surface area contributed by atoms with Crippen molar-refractivity contribution in [3.63, 3.8) is 0 Å². The van der Waals surface area contributed by atoms with Crippen molar-refractivity contribution in [1.29, 1.82) is 0 Å². The third-order valence-corrected chi connectivity index (χ3v) is 1.96. The van der Waals surface area contributed by atoms with Gasteiger partial charge in [0.15, 0.2) is 0 Å². The van der Waals surface area contributed by atoms with E-state index < -0.39 is 36.0 Å². The van der Waals surface area contributed by atoms with Gasteiger partial charge in [0, 0.05) is 18.9 Å². The maximum Gasteiger partial charge on any atom is 1.00 e. The van der Waals surface area contributed by atoms with E-state index in [0.717, 1.165) is 0 Å². The molecule has 0 fully saturated rings. The molecule has 0 rings (SSSR count). The molecule has 0 heterocycles. The number of carboxylic acids is 4. The van der Waals surface area contributed by atoms with Gasteiger partial charge in [0.1, 0.15) is 6.04 Å². The molecule has 0 aliphatic carbocycles. The molecule has 0 radical (unpaired) electrons. The van der Waals surface area contributed by atoms with Gasteiger partial charge in [-0.3, -0.25) is 14.4 Å². The Hall–Kier alpha value is -0.564. The van der Waals surface area contributed by atoms with E-state index in [4.69, 9.17) is 26.8 Å². The van der Waals surface area contributed by atoms with Gasteiger partial charge in [-0.25, -0.2) is 0 Å². The molecule has 0 aliphatic rings. The Morgan fingerprint density at radius 3 is 1.43 bits per heavy atom. The van der Waals surface area contributed by atoms with Gasteiger partial charge in [0.05, 0.1) is 5.97 Å². The van der Waals surface area contributed by atoms with E-state index in [1.165, 1.54) is 0 Å². The minimum absolute atomic E-state index is 0. The molecule has 0 aromatic heterocycles. The number of aliphatic carboxylic acids is 4. The summed E-state index contributed by atoms with van der Waals surface area (Å²) < 4.78 is 0. The SMILES string of the molecule is N[C@@H](CCC(=O)O)C(=O)O.N[C@@H](CCC(=O)O)C(=O)[O-].[K+]. The van der Waals surface area contributed by atoms with E-state index in [1.807, 2.05) is 0 Å². The molecule has 0 saturated carbocycles. The summed E-state index contributed by atoms with van der Waals surface area (Å²) >= 11 is 0. The second kappa shape index (κ2) is 14.4. The first kappa shape index (κ1) is 25.4. The Morgan fingerprint density at radius 2 is 1.19 bits per heavy atom. The molecule has 0 bridgehead atoms. The van der Waals surface area contributed by atoms with Gasteiger partial charge in [0.2, 0.25) is 0 Å². The molecule has 0 spiro atoms. The van der Waals surface area contributed by atoms with Crippen molar-refractivity contribution in [3.8, 4) is 0 Å². The zero-order valence-corrected chi connectivity index (χ0v) is 14.6.